The molecule has 0 bridgehead atoms. The molecule has 0 unspecified atom stereocenters. The van der Waals surface area contributed by atoms with E-state index in [2.05, 4.69) is 17.1 Å². The lowest BCUT2D eigenvalue weighted by atomic mass is 10.1. The second-order valence-corrected chi connectivity index (χ2v) is 3.44. The van der Waals surface area contributed by atoms with Crippen LogP contribution in [0.5, 0.6) is 11.5 Å². The molecule has 1 aliphatic heterocycles. The molecular weight excluding hydrogens is 192 g/mol. The van der Waals surface area contributed by atoms with Gasteiger partial charge in [0, 0.05) is 10.8 Å². The van der Waals surface area contributed by atoms with Crippen molar-refractivity contribution in [1.29, 1.82) is 0 Å². The molecule has 3 rings (SSSR count). The standard InChI is InChI=1S/C11H10N2O2/c1-2-9-8-4-11-10(14-6-15-11)3-7(8)5-12-13-9/h3-5H,2,6H2,1H3. The molecule has 1 aromatic heterocycles. The van der Waals surface area contributed by atoms with Gasteiger partial charge in [0.15, 0.2) is 11.5 Å². The summed E-state index contributed by atoms with van der Waals surface area (Å²) in [4.78, 5) is 0. The molecule has 0 fully saturated rings. The highest BCUT2D eigenvalue weighted by Crippen LogP contribution is 2.36. The van der Waals surface area contributed by atoms with Gasteiger partial charge in [-0.05, 0) is 18.6 Å². The van der Waals surface area contributed by atoms with Crippen LogP contribution in [0.3, 0.4) is 0 Å². The minimum Gasteiger partial charge on any atom is -0.454 e. The van der Waals surface area contributed by atoms with E-state index >= 15 is 0 Å². The Morgan fingerprint density at radius 3 is 2.87 bits per heavy atom. The van der Waals surface area contributed by atoms with Crippen LogP contribution in [0.4, 0.5) is 0 Å². The van der Waals surface area contributed by atoms with Crippen LogP contribution in [0.1, 0.15) is 12.6 Å². The van der Waals surface area contributed by atoms with E-state index < -0.39 is 0 Å². The molecule has 0 radical (unpaired) electrons. The zero-order chi connectivity index (χ0) is 10.3. The topological polar surface area (TPSA) is 44.2 Å². The Morgan fingerprint density at radius 1 is 1.27 bits per heavy atom. The maximum absolute atomic E-state index is 5.34. The van der Waals surface area contributed by atoms with E-state index in [1.807, 2.05) is 12.1 Å². The molecule has 2 heterocycles. The molecule has 4 heteroatoms. The van der Waals surface area contributed by atoms with Gasteiger partial charge in [-0.3, -0.25) is 0 Å². The Bertz CT molecular complexity index is 525. The highest BCUT2D eigenvalue weighted by Gasteiger charge is 2.15. The number of hydrogen-bond acceptors (Lipinski definition) is 4. The fraction of sp³-hybridized carbons (Fsp3) is 0.273. The number of benzene rings is 1. The van der Waals surface area contributed by atoms with Gasteiger partial charge in [0.2, 0.25) is 6.79 Å². The number of hydrogen-bond donors (Lipinski definition) is 0. The highest BCUT2D eigenvalue weighted by atomic mass is 16.7. The van der Waals surface area contributed by atoms with E-state index in [4.69, 9.17) is 9.47 Å². The maximum Gasteiger partial charge on any atom is 0.231 e. The highest BCUT2D eigenvalue weighted by molar-refractivity contribution is 5.87. The molecule has 0 amide bonds. The van der Waals surface area contributed by atoms with Crippen molar-refractivity contribution in [2.45, 2.75) is 13.3 Å². The van der Waals surface area contributed by atoms with Crippen LogP contribution in [0.25, 0.3) is 10.8 Å². The summed E-state index contributed by atoms with van der Waals surface area (Å²) in [6.07, 6.45) is 2.61. The molecular formula is C11H10N2O2. The first kappa shape index (κ1) is 8.47. The average molecular weight is 202 g/mol. The fourth-order valence-corrected chi connectivity index (χ4v) is 1.79. The summed E-state index contributed by atoms with van der Waals surface area (Å²) in [7, 11) is 0. The van der Waals surface area contributed by atoms with Crippen LogP contribution in [-0.2, 0) is 6.42 Å². The fourth-order valence-electron chi connectivity index (χ4n) is 1.79. The molecule has 15 heavy (non-hydrogen) atoms. The molecule has 76 valence electrons. The molecule has 0 N–H and O–H groups in total. The van der Waals surface area contributed by atoms with Crippen LogP contribution in [0.15, 0.2) is 18.3 Å². The number of fused-ring (bicyclic) bond motifs is 2. The molecule has 0 saturated carbocycles. The van der Waals surface area contributed by atoms with Crippen LogP contribution in [0, 0.1) is 0 Å². The van der Waals surface area contributed by atoms with Gasteiger partial charge in [-0.25, -0.2) is 0 Å². The summed E-state index contributed by atoms with van der Waals surface area (Å²) in [5, 5.41) is 10.2. The van der Waals surface area contributed by atoms with E-state index in [1.54, 1.807) is 6.20 Å². The van der Waals surface area contributed by atoms with E-state index in [-0.39, 0.29) is 0 Å². The number of aromatic nitrogens is 2. The molecule has 0 spiro atoms. The van der Waals surface area contributed by atoms with E-state index in [0.717, 1.165) is 34.4 Å². The first-order valence-corrected chi connectivity index (χ1v) is 4.92. The Kier molecular flexibility index (Phi) is 1.74. The lowest BCUT2D eigenvalue weighted by Crippen LogP contribution is -1.93. The van der Waals surface area contributed by atoms with E-state index in [0.29, 0.717) is 6.79 Å². The van der Waals surface area contributed by atoms with Gasteiger partial charge < -0.3 is 9.47 Å². The molecule has 0 atom stereocenters. The molecule has 0 saturated heterocycles. The lowest BCUT2D eigenvalue weighted by Gasteiger charge is -2.03. The summed E-state index contributed by atoms with van der Waals surface area (Å²) in [5.41, 5.74) is 0.991. The Morgan fingerprint density at radius 2 is 2.07 bits per heavy atom. The summed E-state index contributed by atoms with van der Waals surface area (Å²) in [6, 6.07) is 3.93. The number of ether oxygens (including phenoxy) is 2. The number of rotatable bonds is 1. The average Bonchev–Trinajstić information content (AvgIpc) is 2.72. The molecule has 1 aromatic carbocycles. The van der Waals surface area contributed by atoms with Crippen molar-refractivity contribution in [3.63, 3.8) is 0 Å². The van der Waals surface area contributed by atoms with Gasteiger partial charge in [0.1, 0.15) is 0 Å². The zero-order valence-corrected chi connectivity index (χ0v) is 8.36. The summed E-state index contributed by atoms with van der Waals surface area (Å²) in [6.45, 7) is 2.36. The third-order valence-corrected chi connectivity index (χ3v) is 2.57. The molecule has 0 aliphatic carbocycles. The zero-order valence-electron chi connectivity index (χ0n) is 8.36. The Balaban J connectivity index is 2.33. The second-order valence-electron chi connectivity index (χ2n) is 3.44. The number of nitrogens with zero attached hydrogens (tertiary/aromatic N) is 2. The summed E-state index contributed by atoms with van der Waals surface area (Å²) in [5.74, 6) is 1.59. The van der Waals surface area contributed by atoms with Crippen LogP contribution in [-0.4, -0.2) is 17.0 Å². The van der Waals surface area contributed by atoms with Gasteiger partial charge in [-0.15, -0.1) is 0 Å². The quantitative estimate of drug-likeness (QED) is 0.708. The lowest BCUT2D eigenvalue weighted by molar-refractivity contribution is 0.174. The van der Waals surface area contributed by atoms with Gasteiger partial charge in [-0.1, -0.05) is 6.92 Å². The van der Waals surface area contributed by atoms with Gasteiger partial charge in [0.25, 0.3) is 0 Å². The SMILES string of the molecule is CCc1nncc2cc3c(cc12)OCO3. The van der Waals surface area contributed by atoms with Gasteiger partial charge in [0.05, 0.1) is 11.9 Å². The second kappa shape index (κ2) is 3.08. The van der Waals surface area contributed by atoms with Gasteiger partial charge >= 0.3 is 0 Å². The number of aryl methyl sites for hydroxylation is 1. The van der Waals surface area contributed by atoms with E-state index in [1.165, 1.54) is 0 Å². The van der Waals surface area contributed by atoms with Gasteiger partial charge in [-0.2, -0.15) is 10.2 Å². The first-order valence-electron chi connectivity index (χ1n) is 4.92. The summed E-state index contributed by atoms with van der Waals surface area (Å²) < 4.78 is 10.6. The monoisotopic (exact) mass is 202 g/mol. The Labute approximate surface area is 86.8 Å². The van der Waals surface area contributed by atoms with Crippen molar-refractivity contribution < 1.29 is 9.47 Å². The minimum atomic E-state index is 0.300. The molecule has 1 aliphatic rings. The van der Waals surface area contributed by atoms with Crippen molar-refractivity contribution in [3.05, 3.63) is 24.0 Å². The van der Waals surface area contributed by atoms with E-state index in [9.17, 15) is 0 Å². The summed E-state index contributed by atoms with van der Waals surface area (Å²) >= 11 is 0. The molecule has 2 aromatic rings. The predicted octanol–water partition coefficient (Wildman–Crippen LogP) is 1.92. The van der Waals surface area contributed by atoms with Crippen molar-refractivity contribution in [1.82, 2.24) is 10.2 Å². The predicted molar refractivity (Wildman–Crippen MR) is 55.0 cm³/mol. The Hall–Kier alpha value is -1.84. The first-order chi connectivity index (χ1) is 7.38. The van der Waals surface area contributed by atoms with Crippen LogP contribution >= 0.6 is 0 Å². The third kappa shape index (κ3) is 1.21. The minimum absolute atomic E-state index is 0.300. The molecule has 4 nitrogen and oxygen atoms in total. The van der Waals surface area contributed by atoms with Crippen molar-refractivity contribution in [2.75, 3.05) is 6.79 Å². The largest absolute Gasteiger partial charge is 0.454 e. The third-order valence-electron chi connectivity index (χ3n) is 2.57. The van der Waals surface area contributed by atoms with Crippen molar-refractivity contribution in [3.8, 4) is 11.5 Å². The van der Waals surface area contributed by atoms with Crippen LogP contribution in [0.2, 0.25) is 0 Å². The smallest absolute Gasteiger partial charge is 0.231 e. The van der Waals surface area contributed by atoms with Crippen LogP contribution < -0.4 is 9.47 Å². The van der Waals surface area contributed by atoms with Crippen molar-refractivity contribution >= 4 is 10.8 Å². The van der Waals surface area contributed by atoms with Crippen molar-refractivity contribution in [2.24, 2.45) is 0 Å². The maximum atomic E-state index is 5.34. The normalized spacial score (nSPS) is 13.4.